The first-order valence-electron chi connectivity index (χ1n) is 7.64. The highest BCUT2D eigenvalue weighted by atomic mass is 19.1. The van der Waals surface area contributed by atoms with Gasteiger partial charge in [-0.3, -0.25) is 4.57 Å². The number of rotatable bonds is 3. The minimum Gasteiger partial charge on any atom is -0.274 e. The summed E-state index contributed by atoms with van der Waals surface area (Å²) in [6.07, 6.45) is 3.17. The number of halogens is 1. The van der Waals surface area contributed by atoms with E-state index in [0.717, 1.165) is 16.6 Å². The second-order valence-electron chi connectivity index (χ2n) is 5.35. The first kappa shape index (κ1) is 14.3. The third kappa shape index (κ3) is 2.58. The van der Waals surface area contributed by atoms with Crippen LogP contribution in [0.2, 0.25) is 0 Å². The molecule has 4 rings (SSSR count). The van der Waals surface area contributed by atoms with Gasteiger partial charge in [0.05, 0.1) is 11.0 Å². The van der Waals surface area contributed by atoms with E-state index in [1.54, 1.807) is 10.8 Å². The van der Waals surface area contributed by atoms with E-state index < -0.39 is 5.83 Å². The summed E-state index contributed by atoms with van der Waals surface area (Å²) in [5.74, 6) is 0.486. The zero-order valence-corrected chi connectivity index (χ0v) is 12.8. The SMILES string of the molecule is FC(=Cc1ccccc1)c1nc2ccccc2n1-c1ccccn1. The first-order chi connectivity index (χ1) is 11.8. The molecule has 0 unspecified atom stereocenters. The van der Waals surface area contributed by atoms with Gasteiger partial charge in [-0.05, 0) is 35.9 Å². The van der Waals surface area contributed by atoms with E-state index in [1.165, 1.54) is 6.08 Å². The zero-order chi connectivity index (χ0) is 16.4. The molecule has 0 spiro atoms. The summed E-state index contributed by atoms with van der Waals surface area (Å²) in [5, 5.41) is 0. The highest BCUT2D eigenvalue weighted by Gasteiger charge is 2.16. The quantitative estimate of drug-likeness (QED) is 0.539. The molecule has 0 atom stereocenters. The average molecular weight is 315 g/mol. The number of aromatic nitrogens is 3. The Morgan fingerprint density at radius 1 is 0.875 bits per heavy atom. The van der Waals surface area contributed by atoms with Gasteiger partial charge in [-0.2, -0.15) is 0 Å². The highest BCUT2D eigenvalue weighted by Crippen LogP contribution is 2.27. The molecule has 2 aromatic carbocycles. The Morgan fingerprint density at radius 2 is 1.62 bits per heavy atom. The predicted molar refractivity (Wildman–Crippen MR) is 94.3 cm³/mol. The number of nitrogens with zero attached hydrogens (tertiary/aromatic N) is 3. The molecule has 2 heterocycles. The molecule has 0 saturated carbocycles. The van der Waals surface area contributed by atoms with Crippen molar-refractivity contribution in [2.24, 2.45) is 0 Å². The van der Waals surface area contributed by atoms with Gasteiger partial charge in [0.15, 0.2) is 11.7 Å². The minimum atomic E-state index is -0.400. The van der Waals surface area contributed by atoms with E-state index in [1.807, 2.05) is 72.8 Å². The number of para-hydroxylation sites is 2. The van der Waals surface area contributed by atoms with Gasteiger partial charge in [0.1, 0.15) is 5.82 Å². The second-order valence-corrected chi connectivity index (χ2v) is 5.35. The summed E-state index contributed by atoms with van der Waals surface area (Å²) in [7, 11) is 0. The molecule has 0 bridgehead atoms. The lowest BCUT2D eigenvalue weighted by atomic mass is 10.2. The van der Waals surface area contributed by atoms with Crippen molar-refractivity contribution < 1.29 is 4.39 Å². The summed E-state index contributed by atoms with van der Waals surface area (Å²) in [6.45, 7) is 0. The van der Waals surface area contributed by atoms with Gasteiger partial charge in [-0.15, -0.1) is 0 Å². The van der Waals surface area contributed by atoms with Crippen LogP contribution in [0, 0.1) is 0 Å². The lowest BCUT2D eigenvalue weighted by molar-refractivity contribution is 0.741. The van der Waals surface area contributed by atoms with Crippen LogP contribution in [0.3, 0.4) is 0 Å². The molecular formula is C20H14FN3. The third-order valence-corrected chi connectivity index (χ3v) is 3.75. The maximum atomic E-state index is 15.0. The van der Waals surface area contributed by atoms with Crippen molar-refractivity contribution in [1.29, 1.82) is 0 Å². The fraction of sp³-hybridized carbons (Fsp3) is 0. The molecule has 0 aliphatic heterocycles. The Balaban J connectivity index is 1.94. The van der Waals surface area contributed by atoms with Crippen molar-refractivity contribution in [2.75, 3.05) is 0 Å². The van der Waals surface area contributed by atoms with Crippen LogP contribution in [0.5, 0.6) is 0 Å². The monoisotopic (exact) mass is 315 g/mol. The van der Waals surface area contributed by atoms with Crippen LogP contribution in [0.25, 0.3) is 28.8 Å². The lowest BCUT2D eigenvalue weighted by Crippen LogP contribution is -2.01. The van der Waals surface area contributed by atoms with Crippen molar-refractivity contribution in [3.05, 3.63) is 90.4 Å². The Morgan fingerprint density at radius 3 is 2.42 bits per heavy atom. The number of hydrogen-bond donors (Lipinski definition) is 0. The molecule has 0 saturated heterocycles. The molecule has 4 heteroatoms. The number of benzene rings is 2. The summed E-state index contributed by atoms with van der Waals surface area (Å²) in [4.78, 5) is 8.82. The summed E-state index contributed by atoms with van der Waals surface area (Å²) in [5.41, 5.74) is 2.34. The van der Waals surface area contributed by atoms with Crippen LogP contribution in [0.1, 0.15) is 11.4 Å². The largest absolute Gasteiger partial charge is 0.274 e. The Labute approximate surface area is 138 Å². The maximum Gasteiger partial charge on any atom is 0.175 e. The summed E-state index contributed by atoms with van der Waals surface area (Å²) in [6, 6.07) is 22.5. The molecule has 0 N–H and O–H groups in total. The van der Waals surface area contributed by atoms with E-state index in [9.17, 15) is 4.39 Å². The van der Waals surface area contributed by atoms with Gasteiger partial charge in [-0.25, -0.2) is 14.4 Å². The van der Waals surface area contributed by atoms with Crippen molar-refractivity contribution >= 4 is 22.9 Å². The minimum absolute atomic E-state index is 0.249. The van der Waals surface area contributed by atoms with Gasteiger partial charge in [-0.1, -0.05) is 48.5 Å². The van der Waals surface area contributed by atoms with Crippen LogP contribution >= 0.6 is 0 Å². The second kappa shape index (κ2) is 6.08. The predicted octanol–water partition coefficient (Wildman–Crippen LogP) is 4.89. The van der Waals surface area contributed by atoms with Crippen molar-refractivity contribution in [3.63, 3.8) is 0 Å². The number of pyridine rings is 1. The molecule has 24 heavy (non-hydrogen) atoms. The third-order valence-electron chi connectivity index (χ3n) is 3.75. The van der Waals surface area contributed by atoms with Crippen LogP contribution in [0.4, 0.5) is 4.39 Å². The zero-order valence-electron chi connectivity index (χ0n) is 12.8. The fourth-order valence-electron chi connectivity index (χ4n) is 2.66. The van der Waals surface area contributed by atoms with Gasteiger partial charge in [0.25, 0.3) is 0 Å². The Hall–Kier alpha value is -3.27. The van der Waals surface area contributed by atoms with Gasteiger partial charge in [0.2, 0.25) is 0 Å². The van der Waals surface area contributed by atoms with Crippen molar-refractivity contribution in [2.45, 2.75) is 0 Å². The van der Waals surface area contributed by atoms with Crippen LogP contribution in [-0.2, 0) is 0 Å². The molecule has 0 amide bonds. The van der Waals surface area contributed by atoms with Crippen molar-refractivity contribution in [1.82, 2.24) is 14.5 Å². The van der Waals surface area contributed by atoms with Crippen LogP contribution in [-0.4, -0.2) is 14.5 Å². The first-order valence-corrected chi connectivity index (χ1v) is 7.64. The van der Waals surface area contributed by atoms with Crippen molar-refractivity contribution in [3.8, 4) is 5.82 Å². The normalized spacial score (nSPS) is 11.8. The number of hydrogen-bond acceptors (Lipinski definition) is 2. The Bertz CT molecular complexity index is 1000. The van der Waals surface area contributed by atoms with Gasteiger partial charge < -0.3 is 0 Å². The summed E-state index contributed by atoms with van der Waals surface area (Å²) >= 11 is 0. The molecule has 116 valence electrons. The molecule has 0 radical (unpaired) electrons. The molecular weight excluding hydrogens is 301 g/mol. The van der Waals surface area contributed by atoms with E-state index in [-0.39, 0.29) is 5.82 Å². The molecule has 0 aliphatic rings. The van der Waals surface area contributed by atoms with Crippen LogP contribution < -0.4 is 0 Å². The van der Waals surface area contributed by atoms with Gasteiger partial charge >= 0.3 is 0 Å². The van der Waals surface area contributed by atoms with Gasteiger partial charge in [0, 0.05) is 6.20 Å². The highest BCUT2D eigenvalue weighted by molar-refractivity contribution is 5.84. The lowest BCUT2D eigenvalue weighted by Gasteiger charge is -2.07. The number of imidazole rings is 1. The molecule has 0 aliphatic carbocycles. The average Bonchev–Trinajstić information content (AvgIpc) is 3.03. The molecule has 3 nitrogen and oxygen atoms in total. The smallest absolute Gasteiger partial charge is 0.175 e. The topological polar surface area (TPSA) is 30.7 Å². The summed E-state index contributed by atoms with van der Waals surface area (Å²) < 4.78 is 16.7. The van der Waals surface area contributed by atoms with E-state index >= 15 is 0 Å². The number of fused-ring (bicyclic) bond motifs is 1. The van der Waals surface area contributed by atoms with E-state index in [0.29, 0.717) is 5.82 Å². The maximum absolute atomic E-state index is 15.0. The Kier molecular flexibility index (Phi) is 3.63. The fourth-order valence-corrected chi connectivity index (χ4v) is 2.66. The standard InChI is InChI=1S/C20H14FN3/c21-16(14-15-8-2-1-3-9-15)20-23-17-10-4-5-11-18(17)24(20)19-12-6-7-13-22-19/h1-14H. The molecule has 4 aromatic rings. The van der Waals surface area contributed by atoms with Crippen LogP contribution in [0.15, 0.2) is 79.0 Å². The van der Waals surface area contributed by atoms with E-state index in [4.69, 9.17) is 0 Å². The molecule has 0 fully saturated rings. The van der Waals surface area contributed by atoms with E-state index in [2.05, 4.69) is 9.97 Å². The molecule has 2 aromatic heterocycles.